The highest BCUT2D eigenvalue weighted by Gasteiger charge is 2.29. The molecular weight excluding hydrogens is 381 g/mol. The van der Waals surface area contributed by atoms with E-state index >= 15 is 0 Å². The lowest BCUT2D eigenvalue weighted by atomic mass is 9.88. The van der Waals surface area contributed by atoms with E-state index in [1.807, 2.05) is 0 Å². The van der Waals surface area contributed by atoms with Crippen molar-refractivity contribution in [2.24, 2.45) is 5.92 Å². The zero-order valence-electron chi connectivity index (χ0n) is 16.0. The summed E-state index contributed by atoms with van der Waals surface area (Å²) in [5.74, 6) is -0.476. The standard InChI is InChI=1S/C21H24FNO4S/c1-3-26-21(25)19-14-9-8-13(2)12-17(14)28-20(19)23-18(24)10-11-27-16-7-5-4-6-15(16)22/h4-7,13H,3,8-12H2,1-2H3,(H,23,24)/t13-/m1/s1. The molecule has 5 nitrogen and oxygen atoms in total. The van der Waals surface area contributed by atoms with Crippen LogP contribution in [0.4, 0.5) is 9.39 Å². The molecule has 0 spiro atoms. The molecule has 0 radical (unpaired) electrons. The maximum atomic E-state index is 13.6. The van der Waals surface area contributed by atoms with Crippen LogP contribution < -0.4 is 10.1 Å². The Bertz CT molecular complexity index is 864. The maximum Gasteiger partial charge on any atom is 0.341 e. The average molecular weight is 405 g/mol. The van der Waals surface area contributed by atoms with Gasteiger partial charge in [0.05, 0.1) is 25.2 Å². The van der Waals surface area contributed by atoms with E-state index < -0.39 is 11.8 Å². The normalized spacial score (nSPS) is 15.6. The molecule has 28 heavy (non-hydrogen) atoms. The van der Waals surface area contributed by atoms with E-state index in [1.165, 1.54) is 23.5 Å². The largest absolute Gasteiger partial charge is 0.490 e. The number of carbonyl (C=O) groups excluding carboxylic acids is 2. The molecule has 150 valence electrons. The van der Waals surface area contributed by atoms with E-state index in [1.54, 1.807) is 19.1 Å². The molecule has 0 bridgehead atoms. The highest BCUT2D eigenvalue weighted by molar-refractivity contribution is 7.17. The summed E-state index contributed by atoms with van der Waals surface area (Å²) in [5, 5.41) is 3.36. The second-order valence-electron chi connectivity index (χ2n) is 6.85. The molecule has 0 saturated carbocycles. The number of esters is 1. The SMILES string of the molecule is CCOC(=O)c1c(NC(=O)CCOc2ccccc2F)sc2c1CC[C@@H](C)C2. The summed E-state index contributed by atoms with van der Waals surface area (Å²) in [6.45, 7) is 4.27. The quantitative estimate of drug-likeness (QED) is 0.684. The Kier molecular flexibility index (Phi) is 6.67. The van der Waals surface area contributed by atoms with Crippen LogP contribution in [0.25, 0.3) is 0 Å². The van der Waals surface area contributed by atoms with Gasteiger partial charge in [-0.25, -0.2) is 9.18 Å². The van der Waals surface area contributed by atoms with Crippen molar-refractivity contribution in [3.8, 4) is 5.75 Å². The highest BCUT2D eigenvalue weighted by Crippen LogP contribution is 2.40. The lowest BCUT2D eigenvalue weighted by molar-refractivity contribution is -0.116. The molecule has 7 heteroatoms. The molecule has 1 aromatic heterocycles. The van der Waals surface area contributed by atoms with Gasteiger partial charge in [0.15, 0.2) is 11.6 Å². The fourth-order valence-electron chi connectivity index (χ4n) is 3.26. The topological polar surface area (TPSA) is 64.6 Å². The molecule has 2 aromatic rings. The van der Waals surface area contributed by atoms with E-state index in [9.17, 15) is 14.0 Å². The predicted molar refractivity (Wildman–Crippen MR) is 107 cm³/mol. The van der Waals surface area contributed by atoms with Gasteiger partial charge in [-0.15, -0.1) is 11.3 Å². The summed E-state index contributed by atoms with van der Waals surface area (Å²) < 4.78 is 24.1. The van der Waals surface area contributed by atoms with Crippen LogP contribution in [0.5, 0.6) is 5.75 Å². The summed E-state index contributed by atoms with van der Waals surface area (Å²) in [6.07, 6.45) is 2.78. The monoisotopic (exact) mass is 405 g/mol. The first-order chi connectivity index (χ1) is 13.5. The van der Waals surface area contributed by atoms with Gasteiger partial charge in [0.2, 0.25) is 5.91 Å². The zero-order valence-corrected chi connectivity index (χ0v) is 16.9. The average Bonchev–Trinajstić information content (AvgIpc) is 3.00. The Hall–Kier alpha value is -2.41. The molecule has 0 saturated heterocycles. The van der Waals surface area contributed by atoms with Crippen LogP contribution in [-0.2, 0) is 22.4 Å². The Morgan fingerprint density at radius 1 is 1.32 bits per heavy atom. The van der Waals surface area contributed by atoms with Crippen LogP contribution in [-0.4, -0.2) is 25.1 Å². The summed E-state index contributed by atoms with van der Waals surface area (Å²) >= 11 is 1.45. The number of hydrogen-bond acceptors (Lipinski definition) is 5. The van der Waals surface area contributed by atoms with Crippen molar-refractivity contribution in [3.05, 3.63) is 46.1 Å². The van der Waals surface area contributed by atoms with Crippen molar-refractivity contribution in [2.45, 2.75) is 39.5 Å². The fraction of sp³-hybridized carbons (Fsp3) is 0.429. The van der Waals surface area contributed by atoms with Gasteiger partial charge in [-0.3, -0.25) is 4.79 Å². The van der Waals surface area contributed by atoms with E-state index in [-0.39, 0.29) is 31.3 Å². The van der Waals surface area contributed by atoms with Crippen molar-refractivity contribution in [1.82, 2.24) is 0 Å². The molecule has 1 heterocycles. The molecule has 1 N–H and O–H groups in total. The first-order valence-corrected chi connectivity index (χ1v) is 10.3. The molecule has 0 aliphatic heterocycles. The van der Waals surface area contributed by atoms with E-state index in [0.717, 1.165) is 29.7 Å². The van der Waals surface area contributed by atoms with E-state index in [4.69, 9.17) is 9.47 Å². The van der Waals surface area contributed by atoms with Gasteiger partial charge in [0.1, 0.15) is 5.00 Å². The number of thiophene rings is 1. The number of fused-ring (bicyclic) bond motifs is 1. The van der Waals surface area contributed by atoms with Gasteiger partial charge in [-0.1, -0.05) is 19.1 Å². The Morgan fingerprint density at radius 3 is 2.86 bits per heavy atom. The summed E-state index contributed by atoms with van der Waals surface area (Å²) in [5.41, 5.74) is 1.48. The van der Waals surface area contributed by atoms with Crippen LogP contribution in [0.2, 0.25) is 0 Å². The number of rotatable bonds is 7. The molecule has 1 aromatic carbocycles. The maximum absolute atomic E-state index is 13.6. The molecular formula is C21H24FNO4S. The summed E-state index contributed by atoms with van der Waals surface area (Å²) in [6, 6.07) is 6.06. The third kappa shape index (κ3) is 4.70. The minimum atomic E-state index is -0.465. The fourth-order valence-corrected chi connectivity index (χ4v) is 4.68. The third-order valence-corrected chi connectivity index (χ3v) is 5.84. The van der Waals surface area contributed by atoms with Crippen molar-refractivity contribution < 1.29 is 23.5 Å². The number of anilines is 1. The second-order valence-corrected chi connectivity index (χ2v) is 7.96. The molecule has 0 fully saturated rings. The van der Waals surface area contributed by atoms with Crippen molar-refractivity contribution in [1.29, 1.82) is 0 Å². The first-order valence-electron chi connectivity index (χ1n) is 9.48. The number of ether oxygens (including phenoxy) is 2. The number of nitrogens with one attached hydrogen (secondary N) is 1. The summed E-state index contributed by atoms with van der Waals surface area (Å²) in [7, 11) is 0. The van der Waals surface area contributed by atoms with Gasteiger partial charge < -0.3 is 14.8 Å². The third-order valence-electron chi connectivity index (χ3n) is 4.67. The minimum Gasteiger partial charge on any atom is -0.490 e. The molecule has 1 atom stereocenters. The van der Waals surface area contributed by atoms with Gasteiger partial charge in [-0.2, -0.15) is 0 Å². The van der Waals surface area contributed by atoms with Crippen LogP contribution >= 0.6 is 11.3 Å². The van der Waals surface area contributed by atoms with Gasteiger partial charge in [0.25, 0.3) is 0 Å². The second kappa shape index (κ2) is 9.19. The van der Waals surface area contributed by atoms with E-state index in [0.29, 0.717) is 16.5 Å². The van der Waals surface area contributed by atoms with Crippen LogP contribution in [0.1, 0.15) is 47.5 Å². The number of hydrogen-bond donors (Lipinski definition) is 1. The van der Waals surface area contributed by atoms with E-state index in [2.05, 4.69) is 12.2 Å². The summed E-state index contributed by atoms with van der Waals surface area (Å²) in [4.78, 5) is 26.0. The first kappa shape index (κ1) is 20.3. The zero-order chi connectivity index (χ0) is 20.1. The predicted octanol–water partition coefficient (Wildman–Crippen LogP) is 4.60. The van der Waals surface area contributed by atoms with Gasteiger partial charge in [0, 0.05) is 4.88 Å². The molecule has 1 aliphatic rings. The van der Waals surface area contributed by atoms with Gasteiger partial charge in [-0.05, 0) is 49.8 Å². The van der Waals surface area contributed by atoms with Crippen LogP contribution in [0.15, 0.2) is 24.3 Å². The molecule has 0 unspecified atom stereocenters. The number of amides is 1. The van der Waals surface area contributed by atoms with Crippen LogP contribution in [0, 0.1) is 11.7 Å². The molecule has 1 aliphatic carbocycles. The lowest BCUT2D eigenvalue weighted by Crippen LogP contribution is -2.18. The number of para-hydroxylation sites is 1. The Morgan fingerprint density at radius 2 is 2.11 bits per heavy atom. The smallest absolute Gasteiger partial charge is 0.341 e. The highest BCUT2D eigenvalue weighted by atomic mass is 32.1. The van der Waals surface area contributed by atoms with Crippen molar-refractivity contribution in [3.63, 3.8) is 0 Å². The number of benzene rings is 1. The van der Waals surface area contributed by atoms with Crippen molar-refractivity contribution in [2.75, 3.05) is 18.5 Å². The van der Waals surface area contributed by atoms with Gasteiger partial charge >= 0.3 is 5.97 Å². The number of halogens is 1. The number of carbonyl (C=O) groups is 2. The Balaban J connectivity index is 1.68. The van der Waals surface area contributed by atoms with Crippen LogP contribution in [0.3, 0.4) is 0 Å². The minimum absolute atomic E-state index is 0.0453. The molecule has 3 rings (SSSR count). The molecule has 1 amide bonds. The lowest BCUT2D eigenvalue weighted by Gasteiger charge is -2.18. The van der Waals surface area contributed by atoms with Crippen molar-refractivity contribution >= 4 is 28.2 Å². The Labute approximate surface area is 167 Å².